The van der Waals surface area contributed by atoms with Crippen molar-refractivity contribution in [1.82, 2.24) is 4.98 Å². The van der Waals surface area contributed by atoms with Crippen molar-refractivity contribution in [1.29, 1.82) is 5.26 Å². The number of ether oxygens (including phenoxy) is 1. The van der Waals surface area contributed by atoms with E-state index < -0.39 is 35.1 Å². The lowest BCUT2D eigenvalue weighted by Gasteiger charge is -2.35. The van der Waals surface area contributed by atoms with Gasteiger partial charge in [-0.05, 0) is 45.7 Å². The van der Waals surface area contributed by atoms with E-state index in [0.717, 1.165) is 6.07 Å². The van der Waals surface area contributed by atoms with Gasteiger partial charge >= 0.3 is 12.1 Å². The highest BCUT2D eigenvalue weighted by Gasteiger charge is 2.38. The van der Waals surface area contributed by atoms with Crippen molar-refractivity contribution in [2.24, 2.45) is 11.3 Å². The number of nitriles is 1. The third-order valence-corrected chi connectivity index (χ3v) is 4.74. The fraction of sp³-hybridized carbons (Fsp3) is 0.611. The van der Waals surface area contributed by atoms with Gasteiger partial charge in [0, 0.05) is 19.3 Å². The number of aromatic nitrogens is 1. The average Bonchev–Trinajstić information content (AvgIpc) is 2.61. The molecule has 2 atom stereocenters. The number of rotatable bonds is 4. The topological polar surface area (TPSA) is 66.2 Å². The molecule has 1 fully saturated rings. The van der Waals surface area contributed by atoms with E-state index in [-0.39, 0.29) is 12.4 Å². The minimum absolute atomic E-state index is 0.110. The number of hydrogen-bond donors (Lipinski definition) is 0. The monoisotopic (exact) mass is 369 g/mol. The van der Waals surface area contributed by atoms with E-state index in [0.29, 0.717) is 19.4 Å². The number of esters is 1. The van der Waals surface area contributed by atoms with E-state index in [2.05, 4.69) is 11.1 Å². The van der Waals surface area contributed by atoms with Crippen LogP contribution < -0.4 is 4.90 Å². The second-order valence-electron chi connectivity index (χ2n) is 7.07. The molecule has 0 amide bonds. The molecule has 0 aromatic carbocycles. The Hall–Kier alpha value is -2.30. The molecule has 0 bridgehead atoms. The van der Waals surface area contributed by atoms with Crippen LogP contribution in [0.15, 0.2) is 18.3 Å². The van der Waals surface area contributed by atoms with Gasteiger partial charge in [0.1, 0.15) is 11.9 Å². The van der Waals surface area contributed by atoms with Crippen LogP contribution in [0, 0.1) is 22.7 Å². The number of halogens is 3. The smallest absolute Gasteiger partial charge is 0.419 e. The summed E-state index contributed by atoms with van der Waals surface area (Å²) in [5, 5.41) is 9.12. The van der Waals surface area contributed by atoms with Crippen molar-refractivity contribution >= 4 is 11.8 Å². The third kappa shape index (κ3) is 4.45. The molecule has 0 N–H and O–H groups in total. The zero-order chi connectivity index (χ0) is 19.5. The number of piperidine rings is 1. The minimum atomic E-state index is -4.51. The molecule has 2 heterocycles. The molecule has 8 heteroatoms. The quantitative estimate of drug-likeness (QED) is 0.756. The number of anilines is 1. The fourth-order valence-electron chi connectivity index (χ4n) is 2.74. The van der Waals surface area contributed by atoms with E-state index in [1.807, 2.05) is 0 Å². The predicted molar refractivity (Wildman–Crippen MR) is 89.1 cm³/mol. The van der Waals surface area contributed by atoms with Gasteiger partial charge in [0.15, 0.2) is 0 Å². The molecule has 2 unspecified atom stereocenters. The minimum Gasteiger partial charge on any atom is -0.461 e. The third-order valence-electron chi connectivity index (χ3n) is 4.74. The Balaban J connectivity index is 2.13. The average molecular weight is 369 g/mol. The summed E-state index contributed by atoms with van der Waals surface area (Å²) in [6, 6.07) is 4.32. The van der Waals surface area contributed by atoms with Gasteiger partial charge in [-0.3, -0.25) is 4.79 Å². The van der Waals surface area contributed by atoms with Crippen molar-refractivity contribution in [2.45, 2.75) is 45.9 Å². The zero-order valence-corrected chi connectivity index (χ0v) is 15.0. The first kappa shape index (κ1) is 20.0. The summed E-state index contributed by atoms with van der Waals surface area (Å²) in [7, 11) is 0. The molecule has 0 saturated carbocycles. The summed E-state index contributed by atoms with van der Waals surface area (Å²) < 4.78 is 45.0. The molecule has 142 valence electrons. The Bertz CT molecular complexity index is 698. The van der Waals surface area contributed by atoms with Crippen molar-refractivity contribution in [3.63, 3.8) is 0 Å². The molecular formula is C18H22F3N3O2. The molecular weight excluding hydrogens is 347 g/mol. The molecule has 0 spiro atoms. The summed E-state index contributed by atoms with van der Waals surface area (Å²) in [6.45, 7) is 5.48. The molecule has 1 saturated heterocycles. The first-order valence-corrected chi connectivity index (χ1v) is 8.45. The Labute approximate surface area is 150 Å². The molecule has 0 aliphatic carbocycles. The maximum atomic E-state index is 13.2. The second-order valence-corrected chi connectivity index (χ2v) is 7.07. The first-order chi connectivity index (χ1) is 12.1. The molecule has 0 radical (unpaired) electrons. The number of carbonyl (C=O) groups excluding carboxylic acids is 1. The maximum absolute atomic E-state index is 13.2. The number of pyridine rings is 1. The van der Waals surface area contributed by atoms with Crippen LogP contribution in [-0.2, 0) is 15.7 Å². The highest BCUT2D eigenvalue weighted by atomic mass is 19.4. The number of hydrogen-bond acceptors (Lipinski definition) is 5. The van der Waals surface area contributed by atoms with Gasteiger partial charge in [0.25, 0.3) is 0 Å². The van der Waals surface area contributed by atoms with Crippen molar-refractivity contribution < 1.29 is 22.7 Å². The van der Waals surface area contributed by atoms with E-state index >= 15 is 0 Å². The lowest BCUT2D eigenvalue weighted by atomic mass is 9.89. The Morgan fingerprint density at radius 2 is 2.15 bits per heavy atom. The van der Waals surface area contributed by atoms with Crippen LogP contribution >= 0.6 is 0 Å². The van der Waals surface area contributed by atoms with Crippen molar-refractivity contribution in [2.75, 3.05) is 18.0 Å². The largest absolute Gasteiger partial charge is 0.461 e. The summed E-state index contributed by atoms with van der Waals surface area (Å²) in [6.07, 6.45) is -2.73. The number of alkyl halides is 3. The summed E-state index contributed by atoms with van der Waals surface area (Å²) in [5.74, 6) is -1.21. The Morgan fingerprint density at radius 3 is 2.77 bits per heavy atom. The van der Waals surface area contributed by atoms with Crippen molar-refractivity contribution in [3.05, 3.63) is 23.9 Å². The van der Waals surface area contributed by atoms with Crippen LogP contribution in [0.2, 0.25) is 0 Å². The van der Waals surface area contributed by atoms with E-state index in [4.69, 9.17) is 10.00 Å². The number of nitrogens with zero attached hydrogens (tertiary/aromatic N) is 3. The first-order valence-electron chi connectivity index (χ1n) is 8.45. The fourth-order valence-corrected chi connectivity index (χ4v) is 2.74. The van der Waals surface area contributed by atoms with Gasteiger partial charge < -0.3 is 9.64 Å². The lowest BCUT2D eigenvalue weighted by molar-refractivity contribution is -0.157. The predicted octanol–water partition coefficient (Wildman–Crippen LogP) is 3.80. The van der Waals surface area contributed by atoms with Crippen LogP contribution in [0.25, 0.3) is 0 Å². The van der Waals surface area contributed by atoms with Crippen LogP contribution in [0.3, 0.4) is 0 Å². The summed E-state index contributed by atoms with van der Waals surface area (Å²) in [4.78, 5) is 17.8. The Kier molecular flexibility index (Phi) is 5.79. The molecule has 26 heavy (non-hydrogen) atoms. The van der Waals surface area contributed by atoms with Gasteiger partial charge in [-0.25, -0.2) is 4.98 Å². The van der Waals surface area contributed by atoms with Crippen LogP contribution in [0.1, 0.15) is 39.2 Å². The van der Waals surface area contributed by atoms with E-state index in [1.165, 1.54) is 17.2 Å². The molecule has 1 aliphatic heterocycles. The van der Waals surface area contributed by atoms with E-state index in [1.54, 1.807) is 20.8 Å². The van der Waals surface area contributed by atoms with Crippen LogP contribution in [0.5, 0.6) is 0 Å². The zero-order valence-electron chi connectivity index (χ0n) is 15.0. The highest BCUT2D eigenvalue weighted by molar-refractivity contribution is 5.74. The Morgan fingerprint density at radius 1 is 1.46 bits per heavy atom. The van der Waals surface area contributed by atoms with Gasteiger partial charge in [-0.15, -0.1) is 0 Å². The SMILES string of the molecule is CC(OC(=O)C1CCCN(c2ncccc2C(F)(F)F)C1)C(C)(C)C#N. The van der Waals surface area contributed by atoms with Gasteiger partial charge in [0.05, 0.1) is 23.0 Å². The summed E-state index contributed by atoms with van der Waals surface area (Å²) in [5.41, 5.74) is -1.65. The molecule has 2 rings (SSSR count). The molecule has 1 aromatic heterocycles. The van der Waals surface area contributed by atoms with Gasteiger partial charge in [-0.1, -0.05) is 0 Å². The van der Waals surface area contributed by atoms with Crippen LogP contribution in [-0.4, -0.2) is 30.1 Å². The number of carbonyl (C=O) groups is 1. The van der Waals surface area contributed by atoms with Crippen LogP contribution in [0.4, 0.5) is 19.0 Å². The lowest BCUT2D eigenvalue weighted by Crippen LogP contribution is -2.42. The van der Waals surface area contributed by atoms with Gasteiger partial charge in [0.2, 0.25) is 0 Å². The highest BCUT2D eigenvalue weighted by Crippen LogP contribution is 2.36. The normalized spacial score (nSPS) is 19.6. The van der Waals surface area contributed by atoms with Gasteiger partial charge in [-0.2, -0.15) is 18.4 Å². The molecule has 1 aliphatic rings. The summed E-state index contributed by atoms with van der Waals surface area (Å²) >= 11 is 0. The standard InChI is InChI=1S/C18H22F3N3O2/c1-12(17(2,3)11-22)26-16(25)13-6-5-9-24(10-13)15-14(18(19,20)21)7-4-8-23-15/h4,7-8,12-13H,5-6,9-10H2,1-3H3. The van der Waals surface area contributed by atoms with Crippen molar-refractivity contribution in [3.8, 4) is 6.07 Å². The second kappa shape index (κ2) is 7.52. The molecule has 1 aromatic rings. The van der Waals surface area contributed by atoms with E-state index in [9.17, 15) is 18.0 Å². The molecule has 5 nitrogen and oxygen atoms in total. The maximum Gasteiger partial charge on any atom is 0.419 e.